The lowest BCUT2D eigenvalue weighted by Crippen LogP contribution is -2.22. The summed E-state index contributed by atoms with van der Waals surface area (Å²) in [5, 5.41) is 5.06. The van der Waals surface area contributed by atoms with Crippen LogP contribution in [0.15, 0.2) is 4.79 Å². The zero-order valence-electron chi connectivity index (χ0n) is 9.87. The van der Waals surface area contributed by atoms with Crippen molar-refractivity contribution in [1.29, 1.82) is 0 Å². The zero-order valence-corrected chi connectivity index (χ0v) is 9.87. The minimum Gasteiger partial charge on any atom is -0.352 e. The normalized spacial score (nSPS) is 10.8. The number of fused-ring (bicyclic) bond motifs is 1. The number of nitrogens with one attached hydrogen (secondary N) is 2. The van der Waals surface area contributed by atoms with E-state index in [0.29, 0.717) is 17.7 Å². The van der Waals surface area contributed by atoms with Crippen LogP contribution >= 0.6 is 0 Å². The van der Waals surface area contributed by atoms with Crippen molar-refractivity contribution in [1.82, 2.24) is 24.9 Å². The SMILES string of the molecule is CCc1c(C)nc2nc(C(=O)NC)[nH]n2c1=O. The first-order valence-corrected chi connectivity index (χ1v) is 5.28. The molecular weight excluding hydrogens is 222 g/mol. The smallest absolute Gasteiger partial charge is 0.288 e. The Bertz CT molecular complexity index is 640. The molecule has 0 fully saturated rings. The lowest BCUT2D eigenvalue weighted by molar-refractivity contribution is 0.0953. The molecule has 0 aromatic carbocycles. The largest absolute Gasteiger partial charge is 0.352 e. The minimum absolute atomic E-state index is 0.0738. The molecule has 0 aliphatic rings. The molecule has 2 rings (SSSR count). The third kappa shape index (κ3) is 1.69. The van der Waals surface area contributed by atoms with E-state index >= 15 is 0 Å². The highest BCUT2D eigenvalue weighted by Gasteiger charge is 2.14. The number of hydrogen-bond donors (Lipinski definition) is 2. The average Bonchev–Trinajstić information content (AvgIpc) is 2.72. The maximum Gasteiger partial charge on any atom is 0.288 e. The maximum atomic E-state index is 12.0. The molecule has 2 aromatic heterocycles. The van der Waals surface area contributed by atoms with Gasteiger partial charge in [0.15, 0.2) is 0 Å². The Balaban J connectivity index is 2.74. The Kier molecular flexibility index (Phi) is 2.66. The number of aromatic nitrogens is 4. The van der Waals surface area contributed by atoms with Crippen molar-refractivity contribution in [3.8, 4) is 0 Å². The van der Waals surface area contributed by atoms with E-state index in [9.17, 15) is 9.59 Å². The van der Waals surface area contributed by atoms with Crippen molar-refractivity contribution in [2.75, 3.05) is 7.05 Å². The average molecular weight is 235 g/mol. The molecule has 0 saturated heterocycles. The number of amides is 1. The van der Waals surface area contributed by atoms with Crippen LogP contribution in [0.2, 0.25) is 0 Å². The van der Waals surface area contributed by atoms with Crippen LogP contribution in [0.1, 0.15) is 28.8 Å². The van der Waals surface area contributed by atoms with E-state index in [-0.39, 0.29) is 23.1 Å². The highest BCUT2D eigenvalue weighted by Crippen LogP contribution is 2.02. The monoisotopic (exact) mass is 235 g/mol. The molecule has 0 bridgehead atoms. The van der Waals surface area contributed by atoms with Crippen LogP contribution in [0.4, 0.5) is 0 Å². The molecule has 2 N–H and O–H groups in total. The van der Waals surface area contributed by atoms with Crippen LogP contribution < -0.4 is 10.9 Å². The van der Waals surface area contributed by atoms with Gasteiger partial charge in [-0.1, -0.05) is 6.92 Å². The summed E-state index contributed by atoms with van der Waals surface area (Å²) in [5.74, 6) is -0.0985. The van der Waals surface area contributed by atoms with Crippen LogP contribution in [0, 0.1) is 6.92 Å². The second-order valence-electron chi connectivity index (χ2n) is 3.62. The van der Waals surface area contributed by atoms with Gasteiger partial charge < -0.3 is 5.32 Å². The predicted octanol–water partition coefficient (Wildman–Crippen LogP) is -0.352. The summed E-state index contributed by atoms with van der Waals surface area (Å²) in [4.78, 5) is 31.6. The summed E-state index contributed by atoms with van der Waals surface area (Å²) >= 11 is 0. The molecule has 0 aliphatic heterocycles. The van der Waals surface area contributed by atoms with Gasteiger partial charge in [-0.25, -0.2) is 4.98 Å². The van der Waals surface area contributed by atoms with Crippen molar-refractivity contribution in [2.24, 2.45) is 0 Å². The van der Waals surface area contributed by atoms with Crippen LogP contribution in [0.5, 0.6) is 0 Å². The van der Waals surface area contributed by atoms with Crippen LogP contribution in [-0.2, 0) is 6.42 Å². The quantitative estimate of drug-likeness (QED) is 0.744. The Morgan fingerprint density at radius 2 is 2.18 bits per heavy atom. The van der Waals surface area contributed by atoms with Crippen molar-refractivity contribution in [3.63, 3.8) is 0 Å². The number of aryl methyl sites for hydroxylation is 1. The molecule has 17 heavy (non-hydrogen) atoms. The number of carbonyl (C=O) groups is 1. The number of hydrogen-bond acceptors (Lipinski definition) is 4. The summed E-state index contributed by atoms with van der Waals surface area (Å²) in [7, 11) is 1.49. The fourth-order valence-electron chi connectivity index (χ4n) is 1.68. The van der Waals surface area contributed by atoms with Gasteiger partial charge in [-0.15, -0.1) is 0 Å². The topological polar surface area (TPSA) is 92.2 Å². The number of nitrogens with zero attached hydrogens (tertiary/aromatic N) is 3. The summed E-state index contributed by atoms with van der Waals surface area (Å²) in [6.07, 6.45) is 0.592. The molecule has 7 nitrogen and oxygen atoms in total. The third-order valence-corrected chi connectivity index (χ3v) is 2.59. The molecule has 90 valence electrons. The predicted molar refractivity (Wildman–Crippen MR) is 61.1 cm³/mol. The van der Waals surface area contributed by atoms with Gasteiger partial charge in [-0.3, -0.25) is 14.7 Å². The van der Waals surface area contributed by atoms with Crippen molar-refractivity contribution < 1.29 is 4.79 Å². The van der Waals surface area contributed by atoms with Crippen molar-refractivity contribution >= 4 is 11.7 Å². The van der Waals surface area contributed by atoms with Crippen LogP contribution in [0.3, 0.4) is 0 Å². The van der Waals surface area contributed by atoms with Gasteiger partial charge in [0.1, 0.15) is 0 Å². The van der Waals surface area contributed by atoms with Crippen molar-refractivity contribution in [2.45, 2.75) is 20.3 Å². The second-order valence-corrected chi connectivity index (χ2v) is 3.62. The van der Waals surface area contributed by atoms with Gasteiger partial charge in [0.05, 0.1) is 5.69 Å². The summed E-state index contributed by atoms with van der Waals surface area (Å²) in [6, 6.07) is 0. The van der Waals surface area contributed by atoms with E-state index in [1.807, 2.05) is 6.92 Å². The number of rotatable bonds is 2. The summed E-state index contributed by atoms with van der Waals surface area (Å²) in [6.45, 7) is 3.64. The summed E-state index contributed by atoms with van der Waals surface area (Å²) < 4.78 is 1.19. The molecule has 2 aromatic rings. The molecule has 2 heterocycles. The van der Waals surface area contributed by atoms with Gasteiger partial charge in [-0.05, 0) is 13.3 Å². The fourth-order valence-corrected chi connectivity index (χ4v) is 1.68. The molecule has 0 spiro atoms. The lowest BCUT2D eigenvalue weighted by atomic mass is 10.2. The van der Waals surface area contributed by atoms with E-state index in [4.69, 9.17) is 0 Å². The highest BCUT2D eigenvalue weighted by atomic mass is 16.2. The molecule has 1 amide bonds. The molecule has 0 radical (unpaired) electrons. The van der Waals surface area contributed by atoms with Gasteiger partial charge in [0.2, 0.25) is 5.82 Å². The fraction of sp³-hybridized carbons (Fsp3) is 0.400. The molecule has 0 aliphatic carbocycles. The van der Waals surface area contributed by atoms with E-state index in [2.05, 4.69) is 20.4 Å². The van der Waals surface area contributed by atoms with Crippen molar-refractivity contribution in [3.05, 3.63) is 27.4 Å². The Hall–Kier alpha value is -2.18. The summed E-state index contributed by atoms with van der Waals surface area (Å²) in [5.41, 5.74) is 1.06. The highest BCUT2D eigenvalue weighted by molar-refractivity contribution is 5.90. The first-order chi connectivity index (χ1) is 8.08. The molecular formula is C10H13N5O2. The van der Waals surface area contributed by atoms with E-state index in [1.54, 1.807) is 6.92 Å². The standard InChI is InChI=1S/C10H13N5O2/c1-4-6-5(2)12-10-13-7(8(16)11-3)14-15(10)9(6)17/h4H2,1-3H3,(H,11,16)(H,12,13,14). The first-order valence-electron chi connectivity index (χ1n) is 5.28. The van der Waals surface area contributed by atoms with Gasteiger partial charge in [-0.2, -0.15) is 9.50 Å². The number of H-pyrrole nitrogens is 1. The van der Waals surface area contributed by atoms with E-state index < -0.39 is 0 Å². The zero-order chi connectivity index (χ0) is 12.6. The molecule has 0 saturated carbocycles. The van der Waals surface area contributed by atoms with Gasteiger partial charge in [0, 0.05) is 12.6 Å². The molecule has 0 unspecified atom stereocenters. The molecule has 0 atom stereocenters. The maximum absolute atomic E-state index is 12.0. The van der Waals surface area contributed by atoms with Gasteiger partial charge in [0.25, 0.3) is 17.2 Å². The van der Waals surface area contributed by atoms with Crippen LogP contribution in [0.25, 0.3) is 5.78 Å². The number of carbonyl (C=O) groups excluding carboxylic acids is 1. The minimum atomic E-state index is -0.384. The van der Waals surface area contributed by atoms with Gasteiger partial charge >= 0.3 is 0 Å². The third-order valence-electron chi connectivity index (χ3n) is 2.59. The first kappa shape index (κ1) is 11.3. The molecule has 7 heteroatoms. The number of aromatic amines is 1. The Labute approximate surface area is 96.9 Å². The van der Waals surface area contributed by atoms with Crippen LogP contribution in [-0.4, -0.2) is 32.5 Å². The Morgan fingerprint density at radius 3 is 2.76 bits per heavy atom. The Morgan fingerprint density at radius 1 is 1.47 bits per heavy atom. The van der Waals surface area contributed by atoms with E-state index in [0.717, 1.165) is 0 Å². The van der Waals surface area contributed by atoms with E-state index in [1.165, 1.54) is 11.6 Å². The second kappa shape index (κ2) is 4.00. The lowest BCUT2D eigenvalue weighted by Gasteiger charge is -2.00.